The van der Waals surface area contributed by atoms with E-state index in [0.29, 0.717) is 12.0 Å². The summed E-state index contributed by atoms with van der Waals surface area (Å²) >= 11 is 3.56. The molecule has 3 nitrogen and oxygen atoms in total. The van der Waals surface area contributed by atoms with Crippen LogP contribution in [0.4, 0.5) is 0 Å². The monoisotopic (exact) mass is 372 g/mol. The molecule has 0 unspecified atom stereocenters. The summed E-state index contributed by atoms with van der Waals surface area (Å²) in [6, 6.07) is 13.0. The smallest absolute Gasteiger partial charge is 0.251 e. The Balaban J connectivity index is 1.40. The quantitative estimate of drug-likeness (QED) is 0.862. The van der Waals surface area contributed by atoms with E-state index < -0.39 is 0 Å². The second-order valence-electron chi connectivity index (χ2n) is 7.10. The standard InChI is InChI=1S/C20H24N2OS2/c1-13-3-8-18(24-13)25-17-6-4-16(5-7-17)20(23)21-19-14(2)22-11-9-15(19)10-12-22/h3-8,14-15,19H,9-12H2,1-2H3,(H,21,23)/t14-,19-/m0/s1. The minimum Gasteiger partial charge on any atom is -0.347 e. The Bertz CT molecular complexity index is 745. The third-order valence-electron chi connectivity index (χ3n) is 5.53. The molecule has 1 N–H and O–H groups in total. The summed E-state index contributed by atoms with van der Waals surface area (Å²) in [6.45, 7) is 6.75. The lowest BCUT2D eigenvalue weighted by atomic mass is 9.79. The summed E-state index contributed by atoms with van der Waals surface area (Å²) in [5.74, 6) is 0.704. The zero-order valence-electron chi connectivity index (χ0n) is 14.7. The van der Waals surface area contributed by atoms with Gasteiger partial charge < -0.3 is 5.32 Å². The van der Waals surface area contributed by atoms with Gasteiger partial charge in [0.15, 0.2) is 0 Å². The highest BCUT2D eigenvalue weighted by Gasteiger charge is 2.40. The third-order valence-corrected chi connectivity index (χ3v) is 7.67. The predicted octanol–water partition coefficient (Wildman–Crippen LogP) is 4.42. The molecule has 5 rings (SSSR count). The van der Waals surface area contributed by atoms with Crippen molar-refractivity contribution in [1.29, 1.82) is 0 Å². The van der Waals surface area contributed by atoms with Gasteiger partial charge in [-0.1, -0.05) is 11.8 Å². The zero-order chi connectivity index (χ0) is 17.4. The molecule has 3 fully saturated rings. The van der Waals surface area contributed by atoms with Crippen LogP contribution in [0.25, 0.3) is 0 Å². The minimum absolute atomic E-state index is 0.0640. The van der Waals surface area contributed by atoms with E-state index in [0.717, 1.165) is 5.56 Å². The fourth-order valence-electron chi connectivity index (χ4n) is 4.04. The van der Waals surface area contributed by atoms with Gasteiger partial charge in [0, 0.05) is 27.4 Å². The highest BCUT2D eigenvalue weighted by molar-refractivity contribution is 8.01. The second kappa shape index (κ2) is 7.14. The number of hydrogen-bond donors (Lipinski definition) is 1. The number of aryl methyl sites for hydroxylation is 1. The average molecular weight is 373 g/mol. The molecule has 0 aliphatic carbocycles. The summed E-state index contributed by atoms with van der Waals surface area (Å²) < 4.78 is 1.29. The van der Waals surface area contributed by atoms with Gasteiger partial charge in [-0.05, 0) is 82.1 Å². The molecule has 1 amide bonds. The Kier molecular flexibility index (Phi) is 4.89. The summed E-state index contributed by atoms with van der Waals surface area (Å²) in [5, 5.41) is 3.30. The van der Waals surface area contributed by atoms with Gasteiger partial charge in [-0.2, -0.15) is 0 Å². The average Bonchev–Trinajstić information content (AvgIpc) is 3.04. The molecule has 4 heterocycles. The lowest BCUT2D eigenvalue weighted by molar-refractivity contribution is 0.0217. The van der Waals surface area contributed by atoms with E-state index in [9.17, 15) is 4.79 Å². The Morgan fingerprint density at radius 2 is 1.88 bits per heavy atom. The molecule has 3 saturated heterocycles. The van der Waals surface area contributed by atoms with Crippen LogP contribution in [0.3, 0.4) is 0 Å². The Morgan fingerprint density at radius 3 is 2.48 bits per heavy atom. The van der Waals surface area contributed by atoms with Crippen molar-refractivity contribution in [2.45, 2.75) is 47.9 Å². The molecular weight excluding hydrogens is 348 g/mol. The van der Waals surface area contributed by atoms with Crippen molar-refractivity contribution in [3.8, 4) is 0 Å². The van der Waals surface area contributed by atoms with Gasteiger partial charge in [-0.15, -0.1) is 11.3 Å². The Hall–Kier alpha value is -1.30. The molecule has 2 aromatic rings. The minimum atomic E-state index is 0.0640. The third kappa shape index (κ3) is 3.64. The first-order chi connectivity index (χ1) is 12.1. The van der Waals surface area contributed by atoms with Crippen LogP contribution in [0.15, 0.2) is 45.5 Å². The number of fused-ring (bicyclic) bond motifs is 3. The highest BCUT2D eigenvalue weighted by atomic mass is 32.2. The number of benzene rings is 1. The van der Waals surface area contributed by atoms with Crippen LogP contribution in [0, 0.1) is 12.8 Å². The number of hydrogen-bond acceptors (Lipinski definition) is 4. The zero-order valence-corrected chi connectivity index (χ0v) is 16.3. The number of amides is 1. The fraction of sp³-hybridized carbons (Fsp3) is 0.450. The number of thiophene rings is 1. The lowest BCUT2D eigenvalue weighted by Crippen LogP contribution is -2.62. The van der Waals surface area contributed by atoms with Gasteiger partial charge >= 0.3 is 0 Å². The van der Waals surface area contributed by atoms with Gasteiger partial charge in [-0.3, -0.25) is 9.69 Å². The van der Waals surface area contributed by atoms with Gasteiger partial charge in [0.25, 0.3) is 5.91 Å². The maximum atomic E-state index is 12.7. The van der Waals surface area contributed by atoms with E-state index in [1.165, 1.54) is 39.9 Å². The molecule has 132 valence electrons. The fourth-order valence-corrected chi connectivity index (χ4v) is 6.12. The van der Waals surface area contributed by atoms with Crippen molar-refractivity contribution in [2.24, 2.45) is 5.92 Å². The van der Waals surface area contributed by atoms with E-state index in [1.807, 2.05) is 12.1 Å². The van der Waals surface area contributed by atoms with E-state index in [2.05, 4.69) is 48.3 Å². The van der Waals surface area contributed by atoms with Crippen LogP contribution in [-0.2, 0) is 0 Å². The van der Waals surface area contributed by atoms with E-state index in [1.54, 1.807) is 23.1 Å². The number of rotatable bonds is 4. The number of carbonyl (C=O) groups is 1. The summed E-state index contributed by atoms with van der Waals surface area (Å²) in [5.41, 5.74) is 0.760. The van der Waals surface area contributed by atoms with E-state index in [4.69, 9.17) is 0 Å². The molecule has 25 heavy (non-hydrogen) atoms. The van der Waals surface area contributed by atoms with Crippen LogP contribution < -0.4 is 5.32 Å². The van der Waals surface area contributed by atoms with Gasteiger partial charge in [0.05, 0.1) is 4.21 Å². The van der Waals surface area contributed by atoms with Crippen LogP contribution in [0.1, 0.15) is 35.0 Å². The highest BCUT2D eigenvalue weighted by Crippen LogP contribution is 2.34. The lowest BCUT2D eigenvalue weighted by Gasteiger charge is -2.49. The molecule has 3 aliphatic rings. The number of carbonyl (C=O) groups excluding carboxylic acids is 1. The van der Waals surface area contributed by atoms with Crippen molar-refractivity contribution < 1.29 is 4.79 Å². The molecule has 3 aliphatic heterocycles. The van der Waals surface area contributed by atoms with Crippen LogP contribution in [-0.4, -0.2) is 36.0 Å². The predicted molar refractivity (Wildman–Crippen MR) is 105 cm³/mol. The van der Waals surface area contributed by atoms with Crippen molar-refractivity contribution in [2.75, 3.05) is 13.1 Å². The molecule has 1 aromatic carbocycles. The molecule has 1 aromatic heterocycles. The second-order valence-corrected chi connectivity index (χ2v) is 9.77. The van der Waals surface area contributed by atoms with Crippen LogP contribution >= 0.6 is 23.1 Å². The largest absolute Gasteiger partial charge is 0.347 e. The first-order valence-electron chi connectivity index (χ1n) is 8.99. The normalized spacial score (nSPS) is 28.1. The molecule has 0 saturated carbocycles. The van der Waals surface area contributed by atoms with Crippen molar-refractivity contribution in [3.63, 3.8) is 0 Å². The summed E-state index contributed by atoms with van der Waals surface area (Å²) in [4.78, 5) is 17.7. The summed E-state index contributed by atoms with van der Waals surface area (Å²) in [6.07, 6.45) is 2.43. The molecule has 0 spiro atoms. The molecule has 0 radical (unpaired) electrons. The van der Waals surface area contributed by atoms with E-state index in [-0.39, 0.29) is 11.9 Å². The van der Waals surface area contributed by atoms with E-state index >= 15 is 0 Å². The maximum absolute atomic E-state index is 12.7. The van der Waals surface area contributed by atoms with Crippen LogP contribution in [0.2, 0.25) is 0 Å². The Morgan fingerprint density at radius 1 is 1.16 bits per heavy atom. The maximum Gasteiger partial charge on any atom is 0.251 e. The van der Waals surface area contributed by atoms with Crippen LogP contribution in [0.5, 0.6) is 0 Å². The van der Waals surface area contributed by atoms with Crippen molar-refractivity contribution in [1.82, 2.24) is 10.2 Å². The molecule has 5 heteroatoms. The van der Waals surface area contributed by atoms with Crippen molar-refractivity contribution in [3.05, 3.63) is 46.8 Å². The first kappa shape index (κ1) is 17.1. The summed E-state index contributed by atoms with van der Waals surface area (Å²) in [7, 11) is 0. The molecule has 2 bridgehead atoms. The SMILES string of the molecule is Cc1ccc(Sc2ccc(C(=O)N[C@@H]3C4CCN(CC4)[C@H]3C)cc2)s1. The van der Waals surface area contributed by atoms with Gasteiger partial charge in [0.1, 0.15) is 0 Å². The number of piperidine rings is 3. The molecular formula is C20H24N2OS2. The van der Waals surface area contributed by atoms with Crippen molar-refractivity contribution >= 4 is 29.0 Å². The number of nitrogens with zero attached hydrogens (tertiary/aromatic N) is 1. The molecule has 2 atom stereocenters. The first-order valence-corrected chi connectivity index (χ1v) is 10.6. The van der Waals surface area contributed by atoms with Gasteiger partial charge in [-0.25, -0.2) is 0 Å². The topological polar surface area (TPSA) is 32.3 Å². The van der Waals surface area contributed by atoms with Gasteiger partial charge in [0.2, 0.25) is 0 Å². The number of nitrogens with one attached hydrogen (secondary N) is 1. The Labute approximate surface area is 157 Å².